The number of benzene rings is 1. The molecule has 18 heteroatoms. The Hall–Kier alpha value is -2.96. The van der Waals surface area contributed by atoms with Crippen molar-refractivity contribution in [2.24, 2.45) is 0 Å². The van der Waals surface area contributed by atoms with Gasteiger partial charge < -0.3 is 40.1 Å². The van der Waals surface area contributed by atoms with Crippen LogP contribution in [0.2, 0.25) is 5.02 Å². The molecule has 51 heavy (non-hydrogen) atoms. The lowest BCUT2D eigenvalue weighted by atomic mass is 10.2. The minimum absolute atomic E-state index is 0.0468. The molecule has 0 spiro atoms. The Kier molecular flexibility index (Phi) is 20.9. The number of aromatic nitrogens is 4. The number of hydrogen-bond donors (Lipinski definition) is 4. The molecule has 15 nitrogen and oxygen atoms in total. The normalized spacial score (nSPS) is 12.0. The van der Waals surface area contributed by atoms with Gasteiger partial charge in [0.1, 0.15) is 6.04 Å². The summed E-state index contributed by atoms with van der Waals surface area (Å²) in [6, 6.07) is 6.33. The van der Waals surface area contributed by atoms with Crippen LogP contribution in [-0.4, -0.2) is 122 Å². The number of carbonyl (C=O) groups excluding carboxylic acids is 2. The average Bonchev–Trinajstić information content (AvgIpc) is 3.44. The maximum atomic E-state index is 13.0. The average molecular weight is 775 g/mol. The van der Waals surface area contributed by atoms with Crippen LogP contribution in [0, 0.1) is 0 Å². The minimum atomic E-state index is -0.879. The van der Waals surface area contributed by atoms with Crippen molar-refractivity contribution in [2.45, 2.75) is 50.4 Å². The van der Waals surface area contributed by atoms with E-state index in [1.165, 1.54) is 18.7 Å². The number of nitrogens with one attached hydrogen (secondary N) is 3. The Labute approximate surface area is 311 Å². The first-order valence-electron chi connectivity index (χ1n) is 16.9. The van der Waals surface area contributed by atoms with E-state index in [9.17, 15) is 14.4 Å². The molecule has 0 saturated carbocycles. The summed E-state index contributed by atoms with van der Waals surface area (Å²) >= 11 is 12.9. The molecule has 2 aromatic heterocycles. The van der Waals surface area contributed by atoms with E-state index in [0.29, 0.717) is 75.2 Å². The van der Waals surface area contributed by atoms with Crippen molar-refractivity contribution in [2.75, 3.05) is 90.0 Å². The highest BCUT2D eigenvalue weighted by molar-refractivity contribution is 7.99. The molecule has 0 radical (unpaired) electrons. The number of unbranched alkanes of at least 4 members (excludes halogenated alkanes) is 3. The summed E-state index contributed by atoms with van der Waals surface area (Å²) < 4.78 is 29.3. The number of anilines is 1. The fourth-order valence-electron chi connectivity index (χ4n) is 4.62. The van der Waals surface area contributed by atoms with E-state index in [1.807, 2.05) is 12.1 Å². The number of nitrogen functional groups attached to an aromatic ring is 1. The monoisotopic (exact) mass is 773 g/mol. The number of H-pyrrole nitrogens is 1. The summed E-state index contributed by atoms with van der Waals surface area (Å²) in [5.41, 5.74) is 6.62. The number of hydrogen-bond acceptors (Lipinski definition) is 12. The number of halogens is 2. The van der Waals surface area contributed by atoms with E-state index in [4.69, 9.17) is 52.6 Å². The van der Waals surface area contributed by atoms with E-state index in [2.05, 4.69) is 25.6 Å². The predicted molar refractivity (Wildman–Crippen MR) is 198 cm³/mol. The van der Waals surface area contributed by atoms with Crippen molar-refractivity contribution in [3.63, 3.8) is 0 Å². The number of fused-ring (bicyclic) bond motifs is 1. The van der Waals surface area contributed by atoms with Gasteiger partial charge in [0, 0.05) is 36.7 Å². The lowest BCUT2D eigenvalue weighted by molar-refractivity contribution is -0.127. The van der Waals surface area contributed by atoms with Gasteiger partial charge in [-0.05, 0) is 30.5 Å². The van der Waals surface area contributed by atoms with Crippen molar-refractivity contribution in [3.8, 4) is 0 Å². The number of amides is 2. The van der Waals surface area contributed by atoms with E-state index in [0.717, 1.165) is 43.7 Å². The largest absolute Gasteiger partial charge is 0.379 e. The van der Waals surface area contributed by atoms with Gasteiger partial charge in [-0.25, -0.2) is 4.98 Å². The zero-order valence-electron chi connectivity index (χ0n) is 29.0. The topological polar surface area (TPSA) is 194 Å². The van der Waals surface area contributed by atoms with Crippen molar-refractivity contribution in [1.29, 1.82) is 0 Å². The Morgan fingerprint density at radius 2 is 1.47 bits per heavy atom. The van der Waals surface area contributed by atoms with Gasteiger partial charge in [-0.15, -0.1) is 11.6 Å². The number of rotatable bonds is 28. The third-order valence-electron chi connectivity index (χ3n) is 7.12. The smallest absolute Gasteiger partial charge is 0.280 e. The van der Waals surface area contributed by atoms with Crippen LogP contribution in [0.4, 0.5) is 5.95 Å². The van der Waals surface area contributed by atoms with Crippen LogP contribution in [0.15, 0.2) is 34.2 Å². The molecular formula is C33H49Cl2N7O8S. The first-order chi connectivity index (χ1) is 24.8. The Morgan fingerprint density at radius 3 is 2.08 bits per heavy atom. The third-order valence-corrected chi connectivity index (χ3v) is 8.71. The number of imidazole rings is 1. The van der Waals surface area contributed by atoms with E-state index < -0.39 is 11.6 Å². The highest BCUT2D eigenvalue weighted by Gasteiger charge is 2.23. The quantitative estimate of drug-likeness (QED) is 0.0480. The Balaban J connectivity index is 1.30. The van der Waals surface area contributed by atoms with Gasteiger partial charge in [0.25, 0.3) is 5.56 Å². The molecule has 0 fully saturated rings. The molecule has 0 aliphatic carbocycles. The van der Waals surface area contributed by atoms with Crippen LogP contribution in [0.1, 0.15) is 38.2 Å². The molecule has 2 amide bonds. The highest BCUT2D eigenvalue weighted by atomic mass is 35.5. The third kappa shape index (κ3) is 16.9. The first kappa shape index (κ1) is 42.5. The Morgan fingerprint density at radius 1 is 0.882 bits per heavy atom. The predicted octanol–water partition coefficient (Wildman–Crippen LogP) is 3.00. The van der Waals surface area contributed by atoms with Gasteiger partial charge in [-0.3, -0.25) is 23.9 Å². The zero-order valence-corrected chi connectivity index (χ0v) is 31.3. The molecule has 5 N–H and O–H groups in total. The molecule has 1 atom stereocenters. The van der Waals surface area contributed by atoms with Crippen LogP contribution in [0.3, 0.4) is 0 Å². The molecule has 2 heterocycles. The zero-order chi connectivity index (χ0) is 36.7. The van der Waals surface area contributed by atoms with Crippen LogP contribution >= 0.6 is 35.0 Å². The molecule has 0 bridgehead atoms. The van der Waals surface area contributed by atoms with Crippen LogP contribution in [0.5, 0.6) is 0 Å². The standard InChI is InChI=1S/C33H49Cl2N7O8S/c1-24(43)38-27(23-51-33-39-28-29(40-32(36)41-31(28)45)42(33)22-25-6-8-26(35)9-7-25)30(44)37-11-13-47-15-17-49-19-21-50-20-18-48-16-14-46-12-5-3-2-4-10-34/h6-9,27H,2-5,10-23H2,1H3,(H,37,44)(H,38,43)(H3,36,40,41,45). The van der Waals surface area contributed by atoms with Gasteiger partial charge in [-0.2, -0.15) is 4.98 Å². The SMILES string of the molecule is CC(=O)NC(CSc1nc2c(=O)[nH]c(N)nc2n1Cc1ccc(Cl)cc1)C(=O)NCCOCCOCCOCCOCCOCCCCCCCl. The number of aromatic amines is 1. The first-order valence-corrected chi connectivity index (χ1v) is 18.8. The molecule has 3 rings (SSSR count). The number of ether oxygens (including phenoxy) is 5. The molecule has 0 saturated heterocycles. The molecule has 284 valence electrons. The van der Waals surface area contributed by atoms with Gasteiger partial charge >= 0.3 is 0 Å². The van der Waals surface area contributed by atoms with E-state index in [1.54, 1.807) is 16.7 Å². The van der Waals surface area contributed by atoms with E-state index >= 15 is 0 Å². The molecule has 0 aliphatic rings. The van der Waals surface area contributed by atoms with Gasteiger partial charge in [0.05, 0.1) is 66.0 Å². The summed E-state index contributed by atoms with van der Waals surface area (Å²) in [6.45, 7) is 6.57. The second-order valence-electron chi connectivity index (χ2n) is 11.3. The molecular weight excluding hydrogens is 725 g/mol. The van der Waals surface area contributed by atoms with Crippen molar-refractivity contribution in [3.05, 3.63) is 45.2 Å². The number of carbonyl (C=O) groups is 2. The van der Waals surface area contributed by atoms with Crippen LogP contribution in [-0.2, 0) is 39.8 Å². The lowest BCUT2D eigenvalue weighted by Crippen LogP contribution is -2.48. The van der Waals surface area contributed by atoms with Crippen LogP contribution in [0.25, 0.3) is 11.2 Å². The number of alkyl halides is 1. The summed E-state index contributed by atoms with van der Waals surface area (Å²) in [4.78, 5) is 48.7. The molecule has 1 unspecified atom stereocenters. The van der Waals surface area contributed by atoms with Gasteiger partial charge in [0.2, 0.25) is 17.8 Å². The second kappa shape index (κ2) is 25.1. The maximum Gasteiger partial charge on any atom is 0.280 e. The lowest BCUT2D eigenvalue weighted by Gasteiger charge is -2.17. The van der Waals surface area contributed by atoms with Gasteiger partial charge in [-0.1, -0.05) is 48.3 Å². The fourth-order valence-corrected chi connectivity index (χ4v) is 5.95. The molecule has 3 aromatic rings. The van der Waals surface area contributed by atoms with Gasteiger partial charge in [0.15, 0.2) is 16.3 Å². The number of thioether (sulfide) groups is 1. The molecule has 0 aliphatic heterocycles. The van der Waals surface area contributed by atoms with Crippen molar-refractivity contribution in [1.82, 2.24) is 30.2 Å². The summed E-state index contributed by atoms with van der Waals surface area (Å²) in [5.74, 6) is 0.0510. The summed E-state index contributed by atoms with van der Waals surface area (Å²) in [6.07, 6.45) is 4.38. The van der Waals surface area contributed by atoms with Crippen LogP contribution < -0.4 is 21.9 Å². The second-order valence-corrected chi connectivity index (χ2v) is 13.1. The summed E-state index contributed by atoms with van der Waals surface area (Å²) in [7, 11) is 0. The molecule has 1 aromatic carbocycles. The van der Waals surface area contributed by atoms with E-state index in [-0.39, 0.29) is 42.2 Å². The Bertz CT molecular complexity index is 1510. The maximum absolute atomic E-state index is 13.0. The highest BCUT2D eigenvalue weighted by Crippen LogP contribution is 2.24. The van der Waals surface area contributed by atoms with Crippen molar-refractivity contribution >= 4 is 63.9 Å². The number of nitrogens with zero attached hydrogens (tertiary/aromatic N) is 3. The fraction of sp³-hybridized carbons (Fsp3) is 0.606. The van der Waals surface area contributed by atoms with Crippen molar-refractivity contribution < 1.29 is 33.3 Å². The summed E-state index contributed by atoms with van der Waals surface area (Å²) in [5, 5.41) is 6.47. The minimum Gasteiger partial charge on any atom is -0.379 e. The number of nitrogens with two attached hydrogens (primary N) is 1.